The zero-order valence-electron chi connectivity index (χ0n) is 22.6. The number of methoxy groups -OCH3 is 1. The number of amides is 2. The van der Waals surface area contributed by atoms with Gasteiger partial charge in [0, 0.05) is 18.1 Å². The number of rotatable bonds is 13. The molecule has 40 heavy (non-hydrogen) atoms. The molecule has 0 radical (unpaired) electrons. The van der Waals surface area contributed by atoms with Crippen molar-refractivity contribution in [2.45, 2.75) is 44.2 Å². The Morgan fingerprint density at radius 2 is 1.68 bits per heavy atom. The molecule has 214 valence electrons. The van der Waals surface area contributed by atoms with Crippen molar-refractivity contribution in [3.8, 4) is 5.75 Å². The van der Waals surface area contributed by atoms with Crippen LogP contribution >= 0.6 is 23.2 Å². The van der Waals surface area contributed by atoms with E-state index >= 15 is 0 Å². The van der Waals surface area contributed by atoms with Gasteiger partial charge in [-0.15, -0.1) is 0 Å². The lowest BCUT2D eigenvalue weighted by Crippen LogP contribution is -2.51. The van der Waals surface area contributed by atoms with E-state index in [1.165, 1.54) is 42.3 Å². The maximum absolute atomic E-state index is 13.9. The lowest BCUT2D eigenvalue weighted by atomic mass is 10.1. The van der Waals surface area contributed by atoms with Gasteiger partial charge < -0.3 is 15.0 Å². The van der Waals surface area contributed by atoms with Crippen molar-refractivity contribution in [1.29, 1.82) is 0 Å². The predicted molar refractivity (Wildman–Crippen MR) is 158 cm³/mol. The van der Waals surface area contributed by atoms with Crippen LogP contribution in [0.3, 0.4) is 0 Å². The second-order valence-electron chi connectivity index (χ2n) is 9.11. The number of anilines is 1. The Hall–Kier alpha value is -3.27. The quantitative estimate of drug-likeness (QED) is 0.258. The molecule has 0 saturated heterocycles. The van der Waals surface area contributed by atoms with E-state index < -0.39 is 28.5 Å². The topological polar surface area (TPSA) is 96.0 Å². The average molecular weight is 607 g/mol. The van der Waals surface area contributed by atoms with E-state index in [4.69, 9.17) is 27.9 Å². The van der Waals surface area contributed by atoms with Crippen molar-refractivity contribution in [3.63, 3.8) is 0 Å². The third-order valence-electron chi connectivity index (χ3n) is 6.30. The smallest absolute Gasteiger partial charge is 0.264 e. The third kappa shape index (κ3) is 7.90. The number of nitrogens with zero attached hydrogens (tertiary/aromatic N) is 2. The molecule has 0 aliphatic heterocycles. The summed E-state index contributed by atoms with van der Waals surface area (Å²) in [5, 5.41) is 3.57. The molecule has 1 N–H and O–H groups in total. The van der Waals surface area contributed by atoms with E-state index in [0.717, 1.165) is 22.7 Å². The summed E-state index contributed by atoms with van der Waals surface area (Å²) in [7, 11) is -2.74. The Labute approximate surface area is 245 Å². The second kappa shape index (κ2) is 14.4. The molecule has 0 fully saturated rings. The Bertz CT molecular complexity index is 1400. The van der Waals surface area contributed by atoms with Gasteiger partial charge in [0.25, 0.3) is 10.0 Å². The van der Waals surface area contributed by atoms with Gasteiger partial charge >= 0.3 is 0 Å². The maximum atomic E-state index is 13.9. The lowest BCUT2D eigenvalue weighted by molar-refractivity contribution is -0.139. The van der Waals surface area contributed by atoms with E-state index in [9.17, 15) is 18.0 Å². The molecule has 0 heterocycles. The van der Waals surface area contributed by atoms with Crippen LogP contribution < -0.4 is 14.4 Å². The van der Waals surface area contributed by atoms with Gasteiger partial charge in [-0.3, -0.25) is 13.9 Å². The van der Waals surface area contributed by atoms with Crippen LogP contribution in [0.15, 0.2) is 77.7 Å². The molecule has 11 heteroatoms. The van der Waals surface area contributed by atoms with Crippen LogP contribution in [0.4, 0.5) is 5.69 Å². The van der Waals surface area contributed by atoms with Gasteiger partial charge in [0.1, 0.15) is 18.3 Å². The summed E-state index contributed by atoms with van der Waals surface area (Å²) < 4.78 is 33.8. The molecule has 3 aromatic carbocycles. The highest BCUT2D eigenvalue weighted by atomic mass is 35.5. The van der Waals surface area contributed by atoms with Crippen LogP contribution in [0.2, 0.25) is 10.0 Å². The van der Waals surface area contributed by atoms with Crippen molar-refractivity contribution in [2.75, 3.05) is 24.5 Å². The van der Waals surface area contributed by atoms with Crippen LogP contribution in [0.1, 0.15) is 32.3 Å². The Morgan fingerprint density at radius 3 is 2.27 bits per heavy atom. The zero-order valence-corrected chi connectivity index (χ0v) is 25.0. The van der Waals surface area contributed by atoms with E-state index in [1.54, 1.807) is 49.4 Å². The summed E-state index contributed by atoms with van der Waals surface area (Å²) in [6.07, 6.45) is 1.70. The fourth-order valence-electron chi connectivity index (χ4n) is 3.96. The number of hydrogen-bond acceptors (Lipinski definition) is 5. The minimum Gasteiger partial charge on any atom is -0.495 e. The largest absolute Gasteiger partial charge is 0.495 e. The maximum Gasteiger partial charge on any atom is 0.264 e. The third-order valence-corrected chi connectivity index (χ3v) is 8.63. The first-order valence-electron chi connectivity index (χ1n) is 12.8. The van der Waals surface area contributed by atoms with E-state index in [1.807, 2.05) is 6.92 Å². The number of unbranched alkanes of at least 4 members (excludes halogenated alkanes) is 1. The number of carbonyl (C=O) groups excluding carboxylic acids is 2. The number of halogens is 2. The minimum absolute atomic E-state index is 0.00403. The van der Waals surface area contributed by atoms with Crippen molar-refractivity contribution in [1.82, 2.24) is 10.2 Å². The Kier molecular flexibility index (Phi) is 11.2. The highest BCUT2D eigenvalue weighted by Crippen LogP contribution is 2.32. The number of carbonyl (C=O) groups is 2. The van der Waals surface area contributed by atoms with E-state index in [0.29, 0.717) is 17.3 Å². The SMILES string of the molecule is CCCCNC(=O)[C@@H](C)N(Cc1ccc(Cl)cc1)C(=O)CN(c1ccc(OC)c(Cl)c1)S(=O)(=O)c1ccccc1. The number of hydrogen-bond donors (Lipinski definition) is 1. The molecule has 2 amide bonds. The highest BCUT2D eigenvalue weighted by molar-refractivity contribution is 7.92. The molecule has 0 aliphatic carbocycles. The average Bonchev–Trinajstić information content (AvgIpc) is 2.95. The minimum atomic E-state index is -4.19. The van der Waals surface area contributed by atoms with Crippen LogP contribution in [0.5, 0.6) is 5.75 Å². The van der Waals surface area contributed by atoms with Gasteiger partial charge in [0.05, 0.1) is 22.7 Å². The zero-order chi connectivity index (χ0) is 29.3. The van der Waals surface area contributed by atoms with Gasteiger partial charge in [0.2, 0.25) is 11.8 Å². The van der Waals surface area contributed by atoms with Crippen LogP contribution in [0, 0.1) is 0 Å². The van der Waals surface area contributed by atoms with Crippen LogP contribution in [-0.4, -0.2) is 51.4 Å². The molecule has 3 rings (SSSR count). The van der Waals surface area contributed by atoms with E-state index in [-0.39, 0.29) is 28.1 Å². The fraction of sp³-hybridized carbons (Fsp3) is 0.310. The summed E-state index contributed by atoms with van der Waals surface area (Å²) in [5.74, 6) is -0.546. The van der Waals surface area contributed by atoms with Gasteiger partial charge in [-0.05, 0) is 61.4 Å². The van der Waals surface area contributed by atoms with Crippen molar-refractivity contribution in [3.05, 3.63) is 88.4 Å². The molecular weight excluding hydrogens is 573 g/mol. The Morgan fingerprint density at radius 1 is 1.00 bits per heavy atom. The Balaban J connectivity index is 2.02. The fourth-order valence-corrected chi connectivity index (χ4v) is 5.77. The molecule has 0 spiro atoms. The van der Waals surface area contributed by atoms with E-state index in [2.05, 4.69) is 5.32 Å². The van der Waals surface area contributed by atoms with Crippen molar-refractivity contribution < 1.29 is 22.7 Å². The van der Waals surface area contributed by atoms with Crippen molar-refractivity contribution >= 4 is 50.7 Å². The second-order valence-corrected chi connectivity index (χ2v) is 11.8. The summed E-state index contributed by atoms with van der Waals surface area (Å²) >= 11 is 12.4. The molecule has 0 unspecified atom stereocenters. The normalized spacial score (nSPS) is 11.9. The first kappa shape index (κ1) is 31.3. The van der Waals surface area contributed by atoms with Crippen molar-refractivity contribution in [2.24, 2.45) is 0 Å². The number of nitrogens with one attached hydrogen (secondary N) is 1. The van der Waals surface area contributed by atoms with Crippen LogP contribution in [0.25, 0.3) is 0 Å². The highest BCUT2D eigenvalue weighted by Gasteiger charge is 2.32. The summed E-state index contributed by atoms with van der Waals surface area (Å²) in [6, 6.07) is 18.3. The molecular formula is C29H33Cl2N3O5S. The molecule has 0 saturated carbocycles. The summed E-state index contributed by atoms with van der Waals surface area (Å²) in [6.45, 7) is 3.61. The molecule has 1 atom stereocenters. The number of ether oxygens (including phenoxy) is 1. The molecule has 3 aromatic rings. The number of benzene rings is 3. The lowest BCUT2D eigenvalue weighted by Gasteiger charge is -2.32. The predicted octanol–water partition coefficient (Wildman–Crippen LogP) is 5.53. The molecule has 0 bridgehead atoms. The standard InChI is InChI=1S/C29H33Cl2N3O5S/c1-4-5-17-32-29(36)21(2)33(19-22-11-13-23(30)14-12-22)28(35)20-34(24-15-16-27(39-3)26(31)18-24)40(37,38)25-9-7-6-8-10-25/h6-16,18,21H,4-5,17,19-20H2,1-3H3,(H,32,36)/t21-/m1/s1. The van der Waals surface area contributed by atoms with Crippen LogP contribution in [-0.2, 0) is 26.2 Å². The summed E-state index contributed by atoms with van der Waals surface area (Å²) in [4.78, 5) is 28.3. The first-order valence-corrected chi connectivity index (χ1v) is 15.0. The van der Waals surface area contributed by atoms with Gasteiger partial charge in [-0.25, -0.2) is 8.42 Å². The molecule has 0 aliphatic rings. The monoisotopic (exact) mass is 605 g/mol. The van der Waals surface area contributed by atoms with Gasteiger partial charge in [-0.1, -0.05) is 66.9 Å². The van der Waals surface area contributed by atoms with Gasteiger partial charge in [0.15, 0.2) is 0 Å². The summed E-state index contributed by atoms with van der Waals surface area (Å²) in [5.41, 5.74) is 0.908. The first-order chi connectivity index (χ1) is 19.1. The molecule has 8 nitrogen and oxygen atoms in total. The number of sulfonamides is 1. The molecule has 0 aromatic heterocycles. The van der Waals surface area contributed by atoms with Gasteiger partial charge in [-0.2, -0.15) is 0 Å².